The summed E-state index contributed by atoms with van der Waals surface area (Å²) in [5, 5.41) is 2.69. The third kappa shape index (κ3) is 2.80. The lowest BCUT2D eigenvalue weighted by Crippen LogP contribution is -2.06. The summed E-state index contributed by atoms with van der Waals surface area (Å²) in [5.41, 5.74) is 0.412. The van der Waals surface area contributed by atoms with E-state index in [2.05, 4.69) is 31.0 Å². The van der Waals surface area contributed by atoms with Crippen molar-refractivity contribution in [3.63, 3.8) is 0 Å². The van der Waals surface area contributed by atoms with Gasteiger partial charge in [-0.25, -0.2) is 4.98 Å². The molecule has 1 N–H and O–H groups in total. The second-order valence-electron chi connectivity index (χ2n) is 2.13. The molecule has 1 rings (SSSR count). The van der Waals surface area contributed by atoms with Crippen LogP contribution < -0.4 is 10.1 Å². The fourth-order valence-electron chi connectivity index (χ4n) is 0.784. The lowest BCUT2D eigenvalue weighted by molar-refractivity contribution is -0.0523. The van der Waals surface area contributed by atoms with Crippen molar-refractivity contribution < 1.29 is 13.5 Å². The van der Waals surface area contributed by atoms with E-state index >= 15 is 0 Å². The first-order valence-corrected chi connectivity index (χ1v) is 4.21. The summed E-state index contributed by atoms with van der Waals surface area (Å²) in [6.45, 7) is -2.86. The molecule has 72 valence electrons. The van der Waals surface area contributed by atoms with E-state index in [1.165, 1.54) is 6.20 Å². The molecule has 0 amide bonds. The van der Waals surface area contributed by atoms with Crippen LogP contribution in [0.25, 0.3) is 0 Å². The van der Waals surface area contributed by atoms with Gasteiger partial charge in [0, 0.05) is 17.7 Å². The van der Waals surface area contributed by atoms with Gasteiger partial charge in [0.2, 0.25) is 5.88 Å². The average molecular weight is 253 g/mol. The highest BCUT2D eigenvalue weighted by Gasteiger charge is 2.10. The van der Waals surface area contributed by atoms with E-state index in [0.29, 0.717) is 10.2 Å². The monoisotopic (exact) mass is 252 g/mol. The van der Waals surface area contributed by atoms with Gasteiger partial charge in [0.15, 0.2) is 0 Å². The van der Waals surface area contributed by atoms with Crippen molar-refractivity contribution in [1.82, 2.24) is 4.98 Å². The molecule has 0 unspecified atom stereocenters. The Labute approximate surface area is 82.2 Å². The first kappa shape index (κ1) is 10.2. The van der Waals surface area contributed by atoms with Crippen molar-refractivity contribution in [2.24, 2.45) is 0 Å². The highest BCUT2D eigenvalue weighted by atomic mass is 79.9. The van der Waals surface area contributed by atoms with Gasteiger partial charge in [-0.2, -0.15) is 8.78 Å². The molecule has 0 aromatic carbocycles. The van der Waals surface area contributed by atoms with Crippen LogP contribution in [-0.4, -0.2) is 18.6 Å². The number of ether oxygens (including phenoxy) is 1. The average Bonchev–Trinajstić information content (AvgIpc) is 2.07. The molecule has 13 heavy (non-hydrogen) atoms. The largest absolute Gasteiger partial charge is 0.415 e. The number of hydrogen-bond acceptors (Lipinski definition) is 3. The molecule has 1 aromatic rings. The number of halogens is 3. The number of nitrogens with zero attached hydrogens (tertiary/aromatic N) is 1. The molecule has 0 fully saturated rings. The van der Waals surface area contributed by atoms with Crippen molar-refractivity contribution in [2.45, 2.75) is 6.61 Å². The van der Waals surface area contributed by atoms with E-state index in [1.54, 1.807) is 13.1 Å². The Morgan fingerprint density at radius 1 is 1.62 bits per heavy atom. The van der Waals surface area contributed by atoms with Gasteiger partial charge in [-0.1, -0.05) is 0 Å². The van der Waals surface area contributed by atoms with Crippen molar-refractivity contribution in [2.75, 3.05) is 12.4 Å². The Hall–Kier alpha value is -0.910. The minimum atomic E-state index is -2.86. The van der Waals surface area contributed by atoms with E-state index in [4.69, 9.17) is 0 Å². The van der Waals surface area contributed by atoms with Gasteiger partial charge in [0.05, 0.1) is 5.69 Å². The Morgan fingerprint density at radius 2 is 2.31 bits per heavy atom. The van der Waals surface area contributed by atoms with Crippen LogP contribution in [0.3, 0.4) is 0 Å². The number of anilines is 1. The summed E-state index contributed by atoms with van der Waals surface area (Å²) in [7, 11) is 1.60. The van der Waals surface area contributed by atoms with Crippen LogP contribution in [-0.2, 0) is 0 Å². The maximum absolute atomic E-state index is 11.8. The maximum atomic E-state index is 11.8. The molecule has 1 aromatic heterocycles. The summed E-state index contributed by atoms with van der Waals surface area (Å²) in [6.07, 6.45) is 1.39. The molecular weight excluding hydrogens is 246 g/mol. The molecule has 0 aliphatic carbocycles. The molecule has 0 spiro atoms. The minimum Gasteiger partial charge on any atom is -0.415 e. The molecule has 0 saturated heterocycles. The highest BCUT2D eigenvalue weighted by Crippen LogP contribution is 2.25. The highest BCUT2D eigenvalue weighted by molar-refractivity contribution is 9.10. The van der Waals surface area contributed by atoms with Crippen LogP contribution in [0.15, 0.2) is 16.7 Å². The second-order valence-corrected chi connectivity index (χ2v) is 3.05. The Balaban J connectivity index is 2.92. The van der Waals surface area contributed by atoms with Crippen molar-refractivity contribution in [3.8, 4) is 5.88 Å². The standard InChI is InChI=1S/C7H7BrF2N2O/c1-11-5-2-4(8)3-12-6(5)13-7(9)10/h2-3,7,11H,1H3. The second kappa shape index (κ2) is 4.36. The molecule has 0 atom stereocenters. The van der Waals surface area contributed by atoms with Gasteiger partial charge in [-0.3, -0.25) is 0 Å². The van der Waals surface area contributed by atoms with Gasteiger partial charge in [0.1, 0.15) is 0 Å². The smallest absolute Gasteiger partial charge is 0.388 e. The van der Waals surface area contributed by atoms with E-state index in [0.717, 1.165) is 0 Å². The SMILES string of the molecule is CNc1cc(Br)cnc1OC(F)F. The summed E-state index contributed by atoms with van der Waals surface area (Å²) < 4.78 is 28.5. The lowest BCUT2D eigenvalue weighted by atomic mass is 10.4. The van der Waals surface area contributed by atoms with E-state index in [-0.39, 0.29) is 5.88 Å². The van der Waals surface area contributed by atoms with Crippen molar-refractivity contribution in [1.29, 1.82) is 0 Å². The molecule has 0 saturated carbocycles. The normalized spacial score (nSPS) is 10.2. The maximum Gasteiger partial charge on any atom is 0.388 e. The number of alkyl halides is 2. The van der Waals surface area contributed by atoms with Crippen LogP contribution in [0.2, 0.25) is 0 Å². The predicted octanol–water partition coefficient (Wildman–Crippen LogP) is 2.49. The van der Waals surface area contributed by atoms with E-state index in [9.17, 15) is 8.78 Å². The molecule has 0 radical (unpaired) electrons. The summed E-state index contributed by atoms with van der Waals surface area (Å²) in [6, 6.07) is 1.60. The van der Waals surface area contributed by atoms with Gasteiger partial charge in [-0.15, -0.1) is 0 Å². The number of hydrogen-bond donors (Lipinski definition) is 1. The molecule has 0 aliphatic rings. The van der Waals surface area contributed by atoms with Crippen LogP contribution in [0, 0.1) is 0 Å². The number of aromatic nitrogens is 1. The van der Waals surface area contributed by atoms with Gasteiger partial charge < -0.3 is 10.1 Å². The molecular formula is C7H7BrF2N2O. The topological polar surface area (TPSA) is 34.2 Å². The van der Waals surface area contributed by atoms with Crippen molar-refractivity contribution >= 4 is 21.6 Å². The Morgan fingerprint density at radius 3 is 2.85 bits per heavy atom. The lowest BCUT2D eigenvalue weighted by Gasteiger charge is -2.08. The van der Waals surface area contributed by atoms with Gasteiger partial charge >= 0.3 is 6.61 Å². The minimum absolute atomic E-state index is 0.110. The summed E-state index contributed by atoms with van der Waals surface area (Å²) >= 11 is 3.16. The van der Waals surface area contributed by atoms with E-state index in [1.807, 2.05) is 0 Å². The van der Waals surface area contributed by atoms with Gasteiger partial charge in [-0.05, 0) is 22.0 Å². The zero-order valence-electron chi connectivity index (χ0n) is 6.72. The van der Waals surface area contributed by atoms with Crippen molar-refractivity contribution in [3.05, 3.63) is 16.7 Å². The summed E-state index contributed by atoms with van der Waals surface area (Å²) in [5.74, 6) is -0.110. The number of nitrogens with one attached hydrogen (secondary N) is 1. The predicted molar refractivity (Wildman–Crippen MR) is 48.1 cm³/mol. The first-order chi connectivity index (χ1) is 6.13. The third-order valence-corrected chi connectivity index (χ3v) is 1.72. The molecule has 1 heterocycles. The Kier molecular flexibility index (Phi) is 3.41. The van der Waals surface area contributed by atoms with Gasteiger partial charge in [0.25, 0.3) is 0 Å². The van der Waals surface area contributed by atoms with Crippen LogP contribution in [0.1, 0.15) is 0 Å². The fourth-order valence-corrected chi connectivity index (χ4v) is 1.12. The Bertz CT molecular complexity index is 296. The van der Waals surface area contributed by atoms with Crippen LogP contribution >= 0.6 is 15.9 Å². The first-order valence-electron chi connectivity index (χ1n) is 3.41. The molecule has 6 heteroatoms. The number of pyridine rings is 1. The fraction of sp³-hybridized carbons (Fsp3) is 0.286. The van der Waals surface area contributed by atoms with E-state index < -0.39 is 6.61 Å². The number of rotatable bonds is 3. The third-order valence-electron chi connectivity index (χ3n) is 1.29. The molecule has 0 aliphatic heterocycles. The van der Waals surface area contributed by atoms with Crippen LogP contribution in [0.4, 0.5) is 14.5 Å². The quantitative estimate of drug-likeness (QED) is 0.898. The molecule has 3 nitrogen and oxygen atoms in total. The van der Waals surface area contributed by atoms with Crippen LogP contribution in [0.5, 0.6) is 5.88 Å². The molecule has 0 bridgehead atoms. The summed E-state index contributed by atoms with van der Waals surface area (Å²) in [4.78, 5) is 3.68. The zero-order valence-corrected chi connectivity index (χ0v) is 8.31. The zero-order chi connectivity index (χ0) is 9.84.